The fourth-order valence-corrected chi connectivity index (χ4v) is 7.14. The highest BCUT2D eigenvalue weighted by Crippen LogP contribution is 2.42. The molecule has 0 amide bonds. The Balaban J connectivity index is 1.22. The molecular formula is C44H29N. The SMILES string of the molecule is c1ccc(N(c2ccccc2)c2ccc(-c3cc4ccc5c6ccc7ccccc7c6ccc5c4c4ccccc34)cc2)cc1. The van der Waals surface area contributed by atoms with Crippen molar-refractivity contribution >= 4 is 70.9 Å². The van der Waals surface area contributed by atoms with E-state index in [0.717, 1.165) is 17.1 Å². The number of benzene rings is 9. The molecule has 9 aromatic carbocycles. The van der Waals surface area contributed by atoms with Crippen LogP contribution >= 0.6 is 0 Å². The number of nitrogens with zero attached hydrogens (tertiary/aromatic N) is 1. The third-order valence-corrected chi connectivity index (χ3v) is 9.21. The smallest absolute Gasteiger partial charge is 0.0462 e. The van der Waals surface area contributed by atoms with Crippen molar-refractivity contribution in [2.24, 2.45) is 0 Å². The van der Waals surface area contributed by atoms with Crippen molar-refractivity contribution in [2.45, 2.75) is 0 Å². The molecule has 0 saturated carbocycles. The van der Waals surface area contributed by atoms with E-state index in [-0.39, 0.29) is 0 Å². The Morgan fingerprint density at radius 2 is 0.756 bits per heavy atom. The molecule has 0 aliphatic heterocycles. The van der Waals surface area contributed by atoms with E-state index >= 15 is 0 Å². The Bertz CT molecular complexity index is 2470. The molecule has 1 heteroatoms. The highest BCUT2D eigenvalue weighted by atomic mass is 15.1. The third-order valence-electron chi connectivity index (χ3n) is 9.21. The van der Waals surface area contributed by atoms with Crippen molar-refractivity contribution in [1.29, 1.82) is 0 Å². The summed E-state index contributed by atoms with van der Waals surface area (Å²) >= 11 is 0. The second kappa shape index (κ2) is 10.4. The van der Waals surface area contributed by atoms with Crippen molar-refractivity contribution in [3.8, 4) is 11.1 Å². The first kappa shape index (κ1) is 25.6. The summed E-state index contributed by atoms with van der Waals surface area (Å²) < 4.78 is 0. The Morgan fingerprint density at radius 1 is 0.289 bits per heavy atom. The summed E-state index contributed by atoms with van der Waals surface area (Å²) in [5.74, 6) is 0. The zero-order valence-electron chi connectivity index (χ0n) is 24.7. The first-order valence-corrected chi connectivity index (χ1v) is 15.5. The average molecular weight is 572 g/mol. The first-order valence-electron chi connectivity index (χ1n) is 15.5. The quantitative estimate of drug-likeness (QED) is 0.190. The Hall–Kier alpha value is -5.92. The van der Waals surface area contributed by atoms with Crippen LogP contribution in [-0.4, -0.2) is 0 Å². The molecule has 0 bridgehead atoms. The lowest BCUT2D eigenvalue weighted by Gasteiger charge is -2.25. The second-order valence-corrected chi connectivity index (χ2v) is 11.7. The molecule has 0 fully saturated rings. The monoisotopic (exact) mass is 571 g/mol. The number of rotatable bonds is 4. The summed E-state index contributed by atoms with van der Waals surface area (Å²) in [5.41, 5.74) is 5.87. The van der Waals surface area contributed by atoms with Gasteiger partial charge in [-0.15, -0.1) is 0 Å². The summed E-state index contributed by atoms with van der Waals surface area (Å²) in [7, 11) is 0. The van der Waals surface area contributed by atoms with E-state index in [2.05, 4.69) is 181 Å². The zero-order chi connectivity index (χ0) is 29.7. The van der Waals surface area contributed by atoms with Gasteiger partial charge in [0.1, 0.15) is 0 Å². The largest absolute Gasteiger partial charge is 0.311 e. The minimum absolute atomic E-state index is 1.13. The van der Waals surface area contributed by atoms with Crippen LogP contribution in [0.15, 0.2) is 176 Å². The van der Waals surface area contributed by atoms with Gasteiger partial charge in [-0.25, -0.2) is 0 Å². The molecule has 0 aliphatic carbocycles. The Labute approximate surface area is 262 Å². The number of para-hydroxylation sites is 2. The molecule has 0 aromatic heterocycles. The van der Waals surface area contributed by atoms with E-state index in [1.807, 2.05) is 0 Å². The topological polar surface area (TPSA) is 3.24 Å². The molecular weight excluding hydrogens is 542 g/mol. The van der Waals surface area contributed by atoms with Crippen molar-refractivity contribution < 1.29 is 0 Å². The van der Waals surface area contributed by atoms with Gasteiger partial charge < -0.3 is 4.90 Å². The molecule has 0 N–H and O–H groups in total. The van der Waals surface area contributed by atoms with Gasteiger partial charge in [-0.1, -0.05) is 133 Å². The van der Waals surface area contributed by atoms with E-state index in [0.29, 0.717) is 0 Å². The van der Waals surface area contributed by atoms with E-state index in [1.165, 1.54) is 65.0 Å². The van der Waals surface area contributed by atoms with Gasteiger partial charge in [0.15, 0.2) is 0 Å². The molecule has 1 nitrogen and oxygen atoms in total. The molecule has 0 aliphatic rings. The summed E-state index contributed by atoms with van der Waals surface area (Å²) in [6.07, 6.45) is 0. The normalized spacial score (nSPS) is 11.6. The van der Waals surface area contributed by atoms with E-state index in [4.69, 9.17) is 0 Å². The van der Waals surface area contributed by atoms with Gasteiger partial charge in [0.05, 0.1) is 0 Å². The molecule has 0 heterocycles. The molecule has 210 valence electrons. The van der Waals surface area contributed by atoms with Gasteiger partial charge in [-0.05, 0) is 107 Å². The summed E-state index contributed by atoms with van der Waals surface area (Å²) in [6, 6.07) is 63.9. The van der Waals surface area contributed by atoms with Crippen LogP contribution in [0, 0.1) is 0 Å². The molecule has 0 spiro atoms. The van der Waals surface area contributed by atoms with Crippen molar-refractivity contribution in [3.05, 3.63) is 176 Å². The number of hydrogen-bond acceptors (Lipinski definition) is 1. The fraction of sp³-hybridized carbons (Fsp3) is 0. The van der Waals surface area contributed by atoms with Crippen molar-refractivity contribution in [1.82, 2.24) is 0 Å². The van der Waals surface area contributed by atoms with E-state index in [1.54, 1.807) is 0 Å². The lowest BCUT2D eigenvalue weighted by molar-refractivity contribution is 1.28. The van der Waals surface area contributed by atoms with Crippen LogP contribution in [0.25, 0.3) is 65.0 Å². The van der Waals surface area contributed by atoms with Crippen LogP contribution in [-0.2, 0) is 0 Å². The highest BCUT2D eigenvalue weighted by Gasteiger charge is 2.15. The van der Waals surface area contributed by atoms with Gasteiger partial charge >= 0.3 is 0 Å². The third kappa shape index (κ3) is 4.17. The van der Waals surface area contributed by atoms with Crippen molar-refractivity contribution in [3.63, 3.8) is 0 Å². The minimum atomic E-state index is 1.13. The number of anilines is 3. The molecule has 0 saturated heterocycles. The van der Waals surface area contributed by atoms with Crippen LogP contribution in [0.4, 0.5) is 17.1 Å². The van der Waals surface area contributed by atoms with Crippen LogP contribution in [0.5, 0.6) is 0 Å². The van der Waals surface area contributed by atoms with Crippen LogP contribution in [0.2, 0.25) is 0 Å². The molecule has 0 atom stereocenters. The number of fused-ring (bicyclic) bond motifs is 9. The van der Waals surface area contributed by atoms with Gasteiger partial charge in [-0.3, -0.25) is 0 Å². The Kier molecular flexibility index (Phi) is 5.89. The first-order chi connectivity index (χ1) is 22.3. The minimum Gasteiger partial charge on any atom is -0.311 e. The van der Waals surface area contributed by atoms with Gasteiger partial charge in [0, 0.05) is 17.1 Å². The molecule has 0 radical (unpaired) electrons. The number of hydrogen-bond donors (Lipinski definition) is 0. The molecule has 9 aromatic rings. The van der Waals surface area contributed by atoms with Crippen molar-refractivity contribution in [2.75, 3.05) is 4.90 Å². The summed E-state index contributed by atoms with van der Waals surface area (Å²) in [5, 5.41) is 12.9. The van der Waals surface area contributed by atoms with Crippen LogP contribution in [0.3, 0.4) is 0 Å². The molecule has 0 unspecified atom stereocenters. The van der Waals surface area contributed by atoms with E-state index < -0.39 is 0 Å². The van der Waals surface area contributed by atoms with Gasteiger partial charge in [0.25, 0.3) is 0 Å². The maximum absolute atomic E-state index is 2.38. The molecule has 45 heavy (non-hydrogen) atoms. The summed E-state index contributed by atoms with van der Waals surface area (Å²) in [6.45, 7) is 0. The predicted molar refractivity (Wildman–Crippen MR) is 194 cm³/mol. The standard InChI is InChI=1S/C44H29N/c1-3-12-33(13-4-1)45(34-14-5-2-6-15-34)35-23-19-31(20-24-35)43-29-32-22-26-40-39-25-21-30-11-7-8-16-36(30)38(39)27-28-42(40)44(32)41-18-10-9-17-37(41)43/h1-29H. The maximum atomic E-state index is 2.38. The lowest BCUT2D eigenvalue weighted by Crippen LogP contribution is -2.09. The molecule has 9 rings (SSSR count). The van der Waals surface area contributed by atoms with Crippen LogP contribution in [0.1, 0.15) is 0 Å². The second-order valence-electron chi connectivity index (χ2n) is 11.7. The van der Waals surface area contributed by atoms with Gasteiger partial charge in [0.2, 0.25) is 0 Å². The van der Waals surface area contributed by atoms with Crippen LogP contribution < -0.4 is 4.90 Å². The Morgan fingerprint density at radius 3 is 1.47 bits per heavy atom. The lowest BCUT2D eigenvalue weighted by atomic mass is 9.89. The average Bonchev–Trinajstić information content (AvgIpc) is 3.12. The predicted octanol–water partition coefficient (Wildman–Crippen LogP) is 12.6. The maximum Gasteiger partial charge on any atom is 0.0462 e. The fourth-order valence-electron chi connectivity index (χ4n) is 7.14. The highest BCUT2D eigenvalue weighted by molar-refractivity contribution is 6.28. The summed E-state index contributed by atoms with van der Waals surface area (Å²) in [4.78, 5) is 2.31. The van der Waals surface area contributed by atoms with E-state index in [9.17, 15) is 0 Å². The van der Waals surface area contributed by atoms with Gasteiger partial charge in [-0.2, -0.15) is 0 Å². The zero-order valence-corrected chi connectivity index (χ0v) is 24.7.